The maximum absolute atomic E-state index is 11.9. The van der Waals surface area contributed by atoms with Gasteiger partial charge in [-0.1, -0.05) is 30.3 Å². The zero-order chi connectivity index (χ0) is 15.8. The molecule has 1 fully saturated rings. The molecule has 1 aromatic carbocycles. The average Bonchev–Trinajstić information content (AvgIpc) is 2.56. The van der Waals surface area contributed by atoms with Crippen LogP contribution in [0.1, 0.15) is 18.5 Å². The van der Waals surface area contributed by atoms with Crippen molar-refractivity contribution in [3.8, 4) is 0 Å². The third-order valence-electron chi connectivity index (χ3n) is 3.82. The largest absolute Gasteiger partial charge is 0.370 e. The highest BCUT2D eigenvalue weighted by molar-refractivity contribution is 6.35. The molecule has 120 valence electrons. The fourth-order valence-corrected chi connectivity index (χ4v) is 2.43. The lowest BCUT2D eigenvalue weighted by molar-refractivity contribution is -0.906. The molecular formula is C16H24N3O3+. The molecule has 1 aromatic rings. The lowest BCUT2D eigenvalue weighted by Gasteiger charge is -2.23. The summed E-state index contributed by atoms with van der Waals surface area (Å²) >= 11 is 0. The molecule has 0 aliphatic carbocycles. The molecule has 0 aromatic heterocycles. The van der Waals surface area contributed by atoms with Crippen LogP contribution in [0, 0.1) is 0 Å². The minimum Gasteiger partial charge on any atom is -0.370 e. The first-order valence-corrected chi connectivity index (χ1v) is 7.72. The topological polar surface area (TPSA) is 71.9 Å². The Morgan fingerprint density at radius 3 is 2.55 bits per heavy atom. The first-order chi connectivity index (χ1) is 10.7. The van der Waals surface area contributed by atoms with E-state index in [0.29, 0.717) is 6.54 Å². The monoisotopic (exact) mass is 306 g/mol. The van der Waals surface area contributed by atoms with Crippen LogP contribution in [-0.4, -0.2) is 51.2 Å². The molecule has 6 nitrogen and oxygen atoms in total. The molecule has 22 heavy (non-hydrogen) atoms. The number of benzene rings is 1. The van der Waals surface area contributed by atoms with Crippen LogP contribution in [0.4, 0.5) is 0 Å². The van der Waals surface area contributed by atoms with Gasteiger partial charge in [-0.15, -0.1) is 0 Å². The summed E-state index contributed by atoms with van der Waals surface area (Å²) in [6, 6.07) is 9.38. The van der Waals surface area contributed by atoms with Crippen molar-refractivity contribution in [2.75, 3.05) is 39.4 Å². The first kappa shape index (κ1) is 16.5. The van der Waals surface area contributed by atoms with Crippen molar-refractivity contribution in [1.82, 2.24) is 10.6 Å². The van der Waals surface area contributed by atoms with Crippen LogP contribution in [0.5, 0.6) is 0 Å². The number of amides is 2. The first-order valence-electron chi connectivity index (χ1n) is 7.72. The Morgan fingerprint density at radius 2 is 1.86 bits per heavy atom. The van der Waals surface area contributed by atoms with Crippen LogP contribution in [0.2, 0.25) is 0 Å². The SMILES string of the molecule is C[C@H](NC(=O)C(=O)NCC[NH+]1CCOCC1)c1ccccc1. The normalized spacial score (nSPS) is 16.8. The molecular weight excluding hydrogens is 282 g/mol. The summed E-state index contributed by atoms with van der Waals surface area (Å²) in [5.74, 6) is -1.16. The van der Waals surface area contributed by atoms with Gasteiger partial charge in [0, 0.05) is 0 Å². The van der Waals surface area contributed by atoms with Gasteiger partial charge in [-0.05, 0) is 12.5 Å². The van der Waals surface area contributed by atoms with E-state index in [4.69, 9.17) is 4.74 Å². The average molecular weight is 306 g/mol. The Morgan fingerprint density at radius 1 is 1.18 bits per heavy atom. The van der Waals surface area contributed by atoms with Crippen molar-refractivity contribution in [1.29, 1.82) is 0 Å². The number of carbonyl (C=O) groups excluding carboxylic acids is 2. The third-order valence-corrected chi connectivity index (χ3v) is 3.82. The highest BCUT2D eigenvalue weighted by Crippen LogP contribution is 2.10. The minimum absolute atomic E-state index is 0.190. The summed E-state index contributed by atoms with van der Waals surface area (Å²) in [7, 11) is 0. The zero-order valence-corrected chi connectivity index (χ0v) is 12.9. The molecule has 0 radical (unpaired) electrons. The Labute approximate surface area is 130 Å². The predicted octanol–water partition coefficient (Wildman–Crippen LogP) is -1.10. The van der Waals surface area contributed by atoms with Gasteiger partial charge in [0.2, 0.25) is 0 Å². The van der Waals surface area contributed by atoms with E-state index in [2.05, 4.69) is 10.6 Å². The van der Waals surface area contributed by atoms with Crippen molar-refractivity contribution in [3.05, 3.63) is 35.9 Å². The number of nitrogens with one attached hydrogen (secondary N) is 3. The van der Waals surface area contributed by atoms with E-state index in [1.807, 2.05) is 37.3 Å². The fourth-order valence-electron chi connectivity index (χ4n) is 2.43. The number of morpholine rings is 1. The second-order valence-corrected chi connectivity index (χ2v) is 5.47. The quantitative estimate of drug-likeness (QED) is 0.605. The Hall–Kier alpha value is -1.92. The summed E-state index contributed by atoms with van der Waals surface area (Å²) in [6.07, 6.45) is 0. The van der Waals surface area contributed by atoms with Gasteiger partial charge >= 0.3 is 11.8 Å². The van der Waals surface area contributed by atoms with Crippen LogP contribution in [-0.2, 0) is 14.3 Å². The number of hydrogen-bond donors (Lipinski definition) is 3. The van der Waals surface area contributed by atoms with E-state index in [1.54, 1.807) is 0 Å². The van der Waals surface area contributed by atoms with Gasteiger partial charge in [-0.3, -0.25) is 9.59 Å². The third kappa shape index (κ3) is 5.13. The highest BCUT2D eigenvalue weighted by Gasteiger charge is 2.18. The second kappa shape index (κ2) is 8.51. The molecule has 1 atom stereocenters. The van der Waals surface area contributed by atoms with Gasteiger partial charge < -0.3 is 20.3 Å². The van der Waals surface area contributed by atoms with Crippen LogP contribution < -0.4 is 15.5 Å². The van der Waals surface area contributed by atoms with Gasteiger partial charge in [0.25, 0.3) is 0 Å². The number of carbonyl (C=O) groups is 2. The number of quaternary nitrogens is 1. The van der Waals surface area contributed by atoms with E-state index in [1.165, 1.54) is 4.90 Å². The number of ether oxygens (including phenoxy) is 1. The number of rotatable bonds is 5. The van der Waals surface area contributed by atoms with E-state index in [9.17, 15) is 9.59 Å². The fraction of sp³-hybridized carbons (Fsp3) is 0.500. The maximum atomic E-state index is 11.9. The summed E-state index contributed by atoms with van der Waals surface area (Å²) in [5.41, 5.74) is 0.974. The van der Waals surface area contributed by atoms with Gasteiger partial charge in [-0.25, -0.2) is 0 Å². The highest BCUT2D eigenvalue weighted by atomic mass is 16.5. The van der Waals surface area contributed by atoms with Crippen molar-refractivity contribution in [3.63, 3.8) is 0 Å². The van der Waals surface area contributed by atoms with E-state index in [-0.39, 0.29) is 6.04 Å². The van der Waals surface area contributed by atoms with Crippen LogP contribution in [0.25, 0.3) is 0 Å². The zero-order valence-electron chi connectivity index (χ0n) is 12.9. The predicted molar refractivity (Wildman–Crippen MR) is 82.4 cm³/mol. The molecule has 1 aliphatic heterocycles. The van der Waals surface area contributed by atoms with E-state index < -0.39 is 11.8 Å². The van der Waals surface area contributed by atoms with Crippen LogP contribution in [0.3, 0.4) is 0 Å². The summed E-state index contributed by atoms with van der Waals surface area (Å²) in [5, 5.41) is 5.38. The lowest BCUT2D eigenvalue weighted by atomic mass is 10.1. The van der Waals surface area contributed by atoms with E-state index in [0.717, 1.165) is 38.4 Å². The Kier molecular flexibility index (Phi) is 6.36. The summed E-state index contributed by atoms with van der Waals surface area (Å²) < 4.78 is 5.28. The van der Waals surface area contributed by atoms with Crippen LogP contribution in [0.15, 0.2) is 30.3 Å². The van der Waals surface area contributed by atoms with Gasteiger partial charge in [0.1, 0.15) is 13.1 Å². The van der Waals surface area contributed by atoms with Gasteiger partial charge in [0.05, 0.1) is 32.3 Å². The molecule has 1 aliphatic rings. The molecule has 6 heteroatoms. The Bertz CT molecular complexity index is 487. The van der Waals surface area contributed by atoms with Gasteiger partial charge in [-0.2, -0.15) is 0 Å². The van der Waals surface area contributed by atoms with Crippen molar-refractivity contribution >= 4 is 11.8 Å². The number of hydrogen-bond acceptors (Lipinski definition) is 3. The molecule has 3 N–H and O–H groups in total. The van der Waals surface area contributed by atoms with E-state index >= 15 is 0 Å². The Balaban J connectivity index is 1.69. The molecule has 1 heterocycles. The standard InChI is InChI=1S/C16H23N3O3/c1-13(14-5-3-2-4-6-14)18-16(21)15(20)17-7-8-19-9-11-22-12-10-19/h2-6,13H,7-12H2,1H3,(H,17,20)(H,18,21)/p+1/t13-/m0/s1. The lowest BCUT2D eigenvalue weighted by Crippen LogP contribution is -3.14. The van der Waals surface area contributed by atoms with Crippen molar-refractivity contribution in [2.24, 2.45) is 0 Å². The minimum atomic E-state index is -0.590. The maximum Gasteiger partial charge on any atom is 0.309 e. The van der Waals surface area contributed by atoms with Crippen LogP contribution >= 0.6 is 0 Å². The molecule has 1 saturated heterocycles. The molecule has 0 saturated carbocycles. The smallest absolute Gasteiger partial charge is 0.309 e. The molecule has 0 bridgehead atoms. The molecule has 2 rings (SSSR count). The second-order valence-electron chi connectivity index (χ2n) is 5.47. The molecule has 2 amide bonds. The summed E-state index contributed by atoms with van der Waals surface area (Å²) in [6.45, 7) is 6.60. The summed E-state index contributed by atoms with van der Waals surface area (Å²) in [4.78, 5) is 25.0. The van der Waals surface area contributed by atoms with Crippen molar-refractivity contribution in [2.45, 2.75) is 13.0 Å². The van der Waals surface area contributed by atoms with Gasteiger partial charge in [0.15, 0.2) is 0 Å². The molecule has 0 spiro atoms. The molecule has 0 unspecified atom stereocenters. The van der Waals surface area contributed by atoms with Crippen molar-refractivity contribution < 1.29 is 19.2 Å².